The molecule has 2 atom stereocenters. The predicted octanol–water partition coefficient (Wildman–Crippen LogP) is 2.18. The standard InChI is InChI=1S/C17H26N4O2S/c1-12-7-3-4-8-13(12)19-17(24)21-20-16(22)11-18-14-9-5-6-10-15(14)23-2/h5-6,9-10,12-13,18H,3-4,7-8,11H2,1-2H3,(H,20,22)(H2,19,21,24)/t12-,13-/m1/s1. The first-order valence-corrected chi connectivity index (χ1v) is 8.73. The van der Waals surface area contributed by atoms with E-state index in [1.165, 1.54) is 19.3 Å². The lowest BCUT2D eigenvalue weighted by molar-refractivity contribution is -0.119. The lowest BCUT2D eigenvalue weighted by atomic mass is 9.86. The van der Waals surface area contributed by atoms with Crippen LogP contribution in [0.1, 0.15) is 32.6 Å². The van der Waals surface area contributed by atoms with Crippen molar-refractivity contribution in [3.63, 3.8) is 0 Å². The Balaban J connectivity index is 1.69. The van der Waals surface area contributed by atoms with Gasteiger partial charge < -0.3 is 15.4 Å². The number of ether oxygens (including phenoxy) is 1. The van der Waals surface area contributed by atoms with E-state index in [0.717, 1.165) is 12.1 Å². The van der Waals surface area contributed by atoms with Crippen LogP contribution in [-0.2, 0) is 4.79 Å². The molecule has 1 aromatic carbocycles. The minimum atomic E-state index is -0.207. The predicted molar refractivity (Wildman–Crippen MR) is 99.9 cm³/mol. The quantitative estimate of drug-likeness (QED) is 0.482. The SMILES string of the molecule is COc1ccccc1NCC(=O)NNC(=S)N[C@@H]1CCCC[C@H]1C. The highest BCUT2D eigenvalue weighted by Gasteiger charge is 2.21. The number of rotatable bonds is 5. The maximum Gasteiger partial charge on any atom is 0.257 e. The van der Waals surface area contributed by atoms with E-state index in [9.17, 15) is 4.79 Å². The molecule has 1 saturated carbocycles. The third-order valence-electron chi connectivity index (χ3n) is 4.29. The molecule has 0 aliphatic heterocycles. The van der Waals surface area contributed by atoms with E-state index in [2.05, 4.69) is 28.4 Å². The molecule has 0 heterocycles. The number of anilines is 1. The zero-order chi connectivity index (χ0) is 17.4. The lowest BCUT2D eigenvalue weighted by Gasteiger charge is -2.30. The van der Waals surface area contributed by atoms with Gasteiger partial charge in [-0.05, 0) is 43.1 Å². The number of thiocarbonyl (C=S) groups is 1. The summed E-state index contributed by atoms with van der Waals surface area (Å²) in [6.07, 6.45) is 4.84. The Morgan fingerprint density at radius 1 is 1.25 bits per heavy atom. The van der Waals surface area contributed by atoms with Crippen LogP contribution < -0.4 is 26.2 Å². The highest BCUT2D eigenvalue weighted by molar-refractivity contribution is 7.80. The Bertz CT molecular complexity index is 567. The van der Waals surface area contributed by atoms with Gasteiger partial charge in [0.1, 0.15) is 5.75 Å². The summed E-state index contributed by atoms with van der Waals surface area (Å²) in [6.45, 7) is 2.35. The molecule has 132 valence electrons. The summed E-state index contributed by atoms with van der Waals surface area (Å²) >= 11 is 5.25. The molecule has 1 aliphatic carbocycles. The maximum absolute atomic E-state index is 11.9. The van der Waals surface area contributed by atoms with Crippen molar-refractivity contribution in [3.8, 4) is 5.75 Å². The monoisotopic (exact) mass is 350 g/mol. The van der Waals surface area contributed by atoms with Gasteiger partial charge in [-0.25, -0.2) is 0 Å². The van der Waals surface area contributed by atoms with Crippen molar-refractivity contribution in [2.45, 2.75) is 38.6 Å². The molecule has 2 rings (SSSR count). The van der Waals surface area contributed by atoms with Gasteiger partial charge in [0.15, 0.2) is 5.11 Å². The van der Waals surface area contributed by atoms with Crippen molar-refractivity contribution < 1.29 is 9.53 Å². The molecular formula is C17H26N4O2S. The van der Waals surface area contributed by atoms with Crippen LogP contribution in [0.3, 0.4) is 0 Å². The summed E-state index contributed by atoms with van der Waals surface area (Å²) < 4.78 is 5.23. The third-order valence-corrected chi connectivity index (χ3v) is 4.51. The summed E-state index contributed by atoms with van der Waals surface area (Å²) in [7, 11) is 1.60. The first-order chi connectivity index (χ1) is 11.6. The molecule has 1 aromatic rings. The number of para-hydroxylation sites is 2. The van der Waals surface area contributed by atoms with E-state index in [1.807, 2.05) is 24.3 Å². The van der Waals surface area contributed by atoms with Crippen molar-refractivity contribution in [2.24, 2.45) is 5.92 Å². The number of hydrogen-bond donors (Lipinski definition) is 4. The van der Waals surface area contributed by atoms with E-state index in [1.54, 1.807) is 7.11 Å². The highest BCUT2D eigenvalue weighted by Crippen LogP contribution is 2.23. The van der Waals surface area contributed by atoms with Gasteiger partial charge in [-0.3, -0.25) is 15.6 Å². The molecule has 0 spiro atoms. The second kappa shape index (κ2) is 9.32. The average Bonchev–Trinajstić information content (AvgIpc) is 2.60. The lowest BCUT2D eigenvalue weighted by Crippen LogP contribution is -2.52. The van der Waals surface area contributed by atoms with Crippen LogP contribution >= 0.6 is 12.2 Å². The van der Waals surface area contributed by atoms with Crippen LogP contribution in [0.25, 0.3) is 0 Å². The molecule has 6 nitrogen and oxygen atoms in total. The molecule has 1 aliphatic rings. The van der Waals surface area contributed by atoms with Gasteiger partial charge in [-0.2, -0.15) is 0 Å². The fourth-order valence-electron chi connectivity index (χ4n) is 2.87. The Morgan fingerprint density at radius 3 is 2.75 bits per heavy atom. The maximum atomic E-state index is 11.9. The van der Waals surface area contributed by atoms with Crippen molar-refractivity contribution in [1.29, 1.82) is 0 Å². The summed E-state index contributed by atoms with van der Waals surface area (Å²) in [4.78, 5) is 11.9. The van der Waals surface area contributed by atoms with Crippen molar-refractivity contribution in [2.75, 3.05) is 19.0 Å². The number of benzene rings is 1. The summed E-state index contributed by atoms with van der Waals surface area (Å²) in [5, 5.41) is 6.77. The smallest absolute Gasteiger partial charge is 0.257 e. The zero-order valence-electron chi connectivity index (χ0n) is 14.2. The molecule has 7 heteroatoms. The van der Waals surface area contributed by atoms with E-state index in [-0.39, 0.29) is 12.5 Å². The second-order valence-corrected chi connectivity index (χ2v) is 6.48. The minimum absolute atomic E-state index is 0.121. The van der Waals surface area contributed by atoms with Crippen molar-refractivity contribution in [1.82, 2.24) is 16.2 Å². The number of carbonyl (C=O) groups excluding carboxylic acids is 1. The van der Waals surface area contributed by atoms with Gasteiger partial charge >= 0.3 is 0 Å². The topological polar surface area (TPSA) is 74.4 Å². The zero-order valence-corrected chi connectivity index (χ0v) is 15.0. The van der Waals surface area contributed by atoms with Gasteiger partial charge in [0.25, 0.3) is 5.91 Å². The third kappa shape index (κ3) is 5.56. The van der Waals surface area contributed by atoms with Crippen LogP contribution in [0.5, 0.6) is 5.75 Å². The number of carbonyl (C=O) groups is 1. The van der Waals surface area contributed by atoms with Gasteiger partial charge in [-0.1, -0.05) is 31.9 Å². The molecule has 4 N–H and O–H groups in total. The van der Waals surface area contributed by atoms with Crippen LogP contribution in [0.4, 0.5) is 5.69 Å². The summed E-state index contributed by atoms with van der Waals surface area (Å²) in [5.74, 6) is 1.09. The Kier molecular flexibility index (Phi) is 7.11. The minimum Gasteiger partial charge on any atom is -0.495 e. The first-order valence-electron chi connectivity index (χ1n) is 8.32. The molecule has 0 radical (unpaired) electrons. The summed E-state index contributed by atoms with van der Waals surface area (Å²) in [5.41, 5.74) is 6.13. The van der Waals surface area contributed by atoms with Crippen LogP contribution in [0, 0.1) is 5.92 Å². The molecule has 0 bridgehead atoms. The molecule has 0 aromatic heterocycles. The molecule has 1 amide bonds. The molecular weight excluding hydrogens is 324 g/mol. The van der Waals surface area contributed by atoms with Crippen LogP contribution in [0.15, 0.2) is 24.3 Å². The number of amides is 1. The normalized spacial score (nSPS) is 19.9. The van der Waals surface area contributed by atoms with Crippen LogP contribution in [0.2, 0.25) is 0 Å². The molecule has 0 saturated heterocycles. The number of methoxy groups -OCH3 is 1. The van der Waals surface area contributed by atoms with E-state index >= 15 is 0 Å². The number of hydrazine groups is 1. The number of nitrogens with one attached hydrogen (secondary N) is 4. The van der Waals surface area contributed by atoms with Gasteiger partial charge in [0.05, 0.1) is 19.3 Å². The fraction of sp³-hybridized carbons (Fsp3) is 0.529. The van der Waals surface area contributed by atoms with Crippen molar-refractivity contribution >= 4 is 28.9 Å². The first kappa shape index (κ1) is 18.3. The van der Waals surface area contributed by atoms with Gasteiger partial charge in [-0.15, -0.1) is 0 Å². The second-order valence-electron chi connectivity index (χ2n) is 6.07. The molecule has 24 heavy (non-hydrogen) atoms. The molecule has 1 fully saturated rings. The van der Waals surface area contributed by atoms with Crippen LogP contribution in [-0.4, -0.2) is 30.7 Å². The molecule has 0 unspecified atom stereocenters. The summed E-state index contributed by atoms with van der Waals surface area (Å²) in [6, 6.07) is 7.83. The van der Waals surface area contributed by atoms with E-state index in [4.69, 9.17) is 17.0 Å². The fourth-order valence-corrected chi connectivity index (χ4v) is 3.07. The Morgan fingerprint density at radius 2 is 2.00 bits per heavy atom. The largest absolute Gasteiger partial charge is 0.495 e. The Labute approximate surface area is 148 Å². The van der Waals surface area contributed by atoms with Gasteiger partial charge in [0, 0.05) is 6.04 Å². The van der Waals surface area contributed by atoms with E-state index < -0.39 is 0 Å². The number of hydrogen-bond acceptors (Lipinski definition) is 4. The van der Waals surface area contributed by atoms with E-state index in [0.29, 0.717) is 22.8 Å². The average molecular weight is 350 g/mol. The highest BCUT2D eigenvalue weighted by atomic mass is 32.1. The van der Waals surface area contributed by atoms with Crippen molar-refractivity contribution in [3.05, 3.63) is 24.3 Å². The Hall–Kier alpha value is -2.02. The van der Waals surface area contributed by atoms with Gasteiger partial charge in [0.2, 0.25) is 0 Å².